The van der Waals surface area contributed by atoms with Gasteiger partial charge in [0, 0.05) is 25.8 Å². The molecule has 2 amide bonds. The number of hydrogen-bond acceptors (Lipinski definition) is 8. The SMILES string of the molecule is COCCc1nnc(CN2Cc3ccccc3N(C(=O)c3ccc(OCCO)cc3Cl)CC2=O)o1. The number of nitrogens with zero attached hydrogens (tertiary/aromatic N) is 4. The first-order valence-electron chi connectivity index (χ1n) is 11.0. The maximum absolute atomic E-state index is 13.5. The van der Waals surface area contributed by atoms with E-state index in [0.717, 1.165) is 5.56 Å². The highest BCUT2D eigenvalue weighted by molar-refractivity contribution is 6.34. The van der Waals surface area contributed by atoms with Crippen LogP contribution in [0.1, 0.15) is 27.7 Å². The molecule has 1 aliphatic rings. The number of ether oxygens (including phenoxy) is 2. The Balaban J connectivity index is 1.57. The quantitative estimate of drug-likeness (QED) is 0.476. The fourth-order valence-electron chi connectivity index (χ4n) is 3.72. The van der Waals surface area contributed by atoms with Crippen LogP contribution in [-0.2, 0) is 29.0 Å². The van der Waals surface area contributed by atoms with Crippen molar-refractivity contribution in [1.82, 2.24) is 15.1 Å². The molecule has 0 aliphatic carbocycles. The summed E-state index contributed by atoms with van der Waals surface area (Å²) in [6.45, 7) is 0.634. The van der Waals surface area contributed by atoms with Gasteiger partial charge >= 0.3 is 0 Å². The number of fused-ring (bicyclic) bond motifs is 1. The molecule has 0 fully saturated rings. The van der Waals surface area contributed by atoms with Gasteiger partial charge in [-0.25, -0.2) is 0 Å². The zero-order chi connectivity index (χ0) is 24.8. The molecule has 10 nitrogen and oxygen atoms in total. The second-order valence-electron chi connectivity index (χ2n) is 7.82. The van der Waals surface area contributed by atoms with Crippen molar-refractivity contribution in [2.45, 2.75) is 19.5 Å². The predicted molar refractivity (Wildman–Crippen MR) is 126 cm³/mol. The van der Waals surface area contributed by atoms with Gasteiger partial charge in [0.25, 0.3) is 5.91 Å². The van der Waals surface area contributed by atoms with Gasteiger partial charge in [-0.05, 0) is 29.8 Å². The molecule has 4 rings (SSSR count). The number of hydrogen-bond donors (Lipinski definition) is 1. The van der Waals surface area contributed by atoms with E-state index in [1.54, 1.807) is 30.2 Å². The Morgan fingerprint density at radius 2 is 1.94 bits per heavy atom. The van der Waals surface area contributed by atoms with Gasteiger partial charge < -0.3 is 23.9 Å². The van der Waals surface area contributed by atoms with Crippen LogP contribution in [0.2, 0.25) is 5.02 Å². The molecule has 3 aromatic rings. The lowest BCUT2D eigenvalue weighted by molar-refractivity contribution is -0.131. The van der Waals surface area contributed by atoms with E-state index in [0.29, 0.717) is 36.2 Å². The minimum absolute atomic E-state index is 0.112. The Hall–Kier alpha value is -3.47. The van der Waals surface area contributed by atoms with Crippen molar-refractivity contribution in [2.24, 2.45) is 0 Å². The monoisotopic (exact) mass is 500 g/mol. The zero-order valence-electron chi connectivity index (χ0n) is 19.1. The standard InChI is InChI=1S/C24H25ClN4O6/c1-33-10-8-21-26-27-22(35-21)14-28-13-16-4-2-3-5-20(16)29(15-23(28)31)24(32)18-7-6-17(12-19(18)25)34-11-9-30/h2-7,12,30H,8-11,13-15H2,1H3. The molecule has 0 unspecified atom stereocenters. The van der Waals surface area contributed by atoms with Crippen LogP contribution in [0.15, 0.2) is 46.9 Å². The molecule has 0 bridgehead atoms. The van der Waals surface area contributed by atoms with Gasteiger partial charge in [-0.3, -0.25) is 14.5 Å². The van der Waals surface area contributed by atoms with E-state index in [-0.39, 0.29) is 49.3 Å². The van der Waals surface area contributed by atoms with Crippen LogP contribution in [0.3, 0.4) is 0 Å². The van der Waals surface area contributed by atoms with Crippen molar-refractivity contribution < 1.29 is 28.6 Å². The van der Waals surface area contributed by atoms with Gasteiger partial charge in [-0.15, -0.1) is 10.2 Å². The lowest BCUT2D eigenvalue weighted by atomic mass is 10.1. The summed E-state index contributed by atoms with van der Waals surface area (Å²) >= 11 is 6.38. The minimum atomic E-state index is -0.411. The third-order valence-electron chi connectivity index (χ3n) is 5.42. The third-order valence-corrected chi connectivity index (χ3v) is 5.73. The topological polar surface area (TPSA) is 118 Å². The molecular formula is C24H25ClN4O6. The molecule has 11 heteroatoms. The highest BCUT2D eigenvalue weighted by atomic mass is 35.5. The molecule has 1 N–H and O–H groups in total. The number of aliphatic hydroxyl groups is 1. The van der Waals surface area contributed by atoms with Crippen molar-refractivity contribution in [3.63, 3.8) is 0 Å². The Kier molecular flexibility index (Phi) is 7.96. The van der Waals surface area contributed by atoms with Crippen LogP contribution in [0, 0.1) is 0 Å². The fraction of sp³-hybridized carbons (Fsp3) is 0.333. The number of para-hydroxylation sites is 1. The number of rotatable bonds is 9. The van der Waals surface area contributed by atoms with E-state index in [1.807, 2.05) is 18.2 Å². The minimum Gasteiger partial charge on any atom is -0.491 e. The number of amides is 2. The second-order valence-corrected chi connectivity index (χ2v) is 8.22. The maximum atomic E-state index is 13.5. The van der Waals surface area contributed by atoms with Crippen LogP contribution in [0.25, 0.3) is 0 Å². The highest BCUT2D eigenvalue weighted by Gasteiger charge is 2.31. The van der Waals surface area contributed by atoms with Gasteiger partial charge in [0.2, 0.25) is 17.7 Å². The molecule has 1 aromatic heterocycles. The van der Waals surface area contributed by atoms with Gasteiger partial charge in [0.15, 0.2) is 0 Å². The van der Waals surface area contributed by atoms with Crippen molar-refractivity contribution in [3.05, 3.63) is 70.4 Å². The summed E-state index contributed by atoms with van der Waals surface area (Å²) in [5.74, 6) is 0.491. The summed E-state index contributed by atoms with van der Waals surface area (Å²) in [4.78, 5) is 29.7. The molecule has 184 valence electrons. The fourth-order valence-corrected chi connectivity index (χ4v) is 3.97. The molecule has 0 spiro atoms. The van der Waals surface area contributed by atoms with E-state index in [4.69, 9.17) is 30.6 Å². The number of aromatic nitrogens is 2. The first-order valence-corrected chi connectivity index (χ1v) is 11.4. The van der Waals surface area contributed by atoms with Crippen LogP contribution < -0.4 is 9.64 Å². The van der Waals surface area contributed by atoms with Crippen LogP contribution in [0.4, 0.5) is 5.69 Å². The third kappa shape index (κ3) is 5.79. The number of carbonyl (C=O) groups excluding carboxylic acids is 2. The highest BCUT2D eigenvalue weighted by Crippen LogP contribution is 2.30. The van der Waals surface area contributed by atoms with Crippen molar-refractivity contribution in [2.75, 3.05) is 38.4 Å². The number of halogens is 1. The van der Waals surface area contributed by atoms with Crippen LogP contribution >= 0.6 is 11.6 Å². The first-order chi connectivity index (χ1) is 17.0. The normalized spacial score (nSPS) is 13.5. The summed E-state index contributed by atoms with van der Waals surface area (Å²) in [7, 11) is 1.59. The average molecular weight is 501 g/mol. The summed E-state index contributed by atoms with van der Waals surface area (Å²) in [6.07, 6.45) is 0.479. The number of methoxy groups -OCH3 is 1. The van der Waals surface area contributed by atoms with Gasteiger partial charge in [-0.2, -0.15) is 0 Å². The number of aliphatic hydroxyl groups excluding tert-OH is 1. The van der Waals surface area contributed by atoms with Gasteiger partial charge in [0.1, 0.15) is 18.9 Å². The Labute approximate surface area is 207 Å². The van der Waals surface area contributed by atoms with E-state index >= 15 is 0 Å². The first kappa shape index (κ1) is 24.6. The average Bonchev–Trinajstić information content (AvgIpc) is 3.26. The largest absolute Gasteiger partial charge is 0.491 e. The van der Waals surface area contributed by atoms with Crippen molar-refractivity contribution >= 4 is 29.1 Å². The molecule has 2 aromatic carbocycles. The molecule has 0 atom stereocenters. The van der Waals surface area contributed by atoms with Crippen LogP contribution in [0.5, 0.6) is 5.75 Å². The Morgan fingerprint density at radius 1 is 1.14 bits per heavy atom. The maximum Gasteiger partial charge on any atom is 0.260 e. The summed E-state index contributed by atoms with van der Waals surface area (Å²) in [5.41, 5.74) is 1.65. The molecule has 2 heterocycles. The van der Waals surface area contributed by atoms with E-state index in [9.17, 15) is 9.59 Å². The number of carbonyl (C=O) groups is 2. The zero-order valence-corrected chi connectivity index (χ0v) is 19.9. The predicted octanol–water partition coefficient (Wildman–Crippen LogP) is 2.47. The molecule has 35 heavy (non-hydrogen) atoms. The molecule has 1 aliphatic heterocycles. The Morgan fingerprint density at radius 3 is 2.71 bits per heavy atom. The Bertz CT molecular complexity index is 1200. The number of anilines is 1. The van der Waals surface area contributed by atoms with E-state index in [2.05, 4.69) is 10.2 Å². The van der Waals surface area contributed by atoms with Gasteiger partial charge in [-0.1, -0.05) is 29.8 Å². The summed E-state index contributed by atoms with van der Waals surface area (Å²) < 4.78 is 16.0. The smallest absolute Gasteiger partial charge is 0.260 e. The number of benzene rings is 2. The van der Waals surface area contributed by atoms with E-state index < -0.39 is 5.91 Å². The van der Waals surface area contributed by atoms with Crippen molar-refractivity contribution in [1.29, 1.82) is 0 Å². The molecule has 0 radical (unpaired) electrons. The lowest BCUT2D eigenvalue weighted by Crippen LogP contribution is -2.40. The van der Waals surface area contributed by atoms with Crippen molar-refractivity contribution in [3.8, 4) is 5.75 Å². The van der Waals surface area contributed by atoms with Crippen LogP contribution in [-0.4, -0.2) is 65.5 Å². The summed E-state index contributed by atoms with van der Waals surface area (Å²) in [5, 5.41) is 17.1. The molecular weight excluding hydrogens is 476 g/mol. The lowest BCUT2D eigenvalue weighted by Gasteiger charge is -2.23. The second kappa shape index (κ2) is 11.3. The van der Waals surface area contributed by atoms with E-state index in [1.165, 1.54) is 11.0 Å². The van der Waals surface area contributed by atoms with Gasteiger partial charge in [0.05, 0.1) is 30.3 Å². The molecule has 0 saturated carbocycles. The molecule has 0 saturated heterocycles. The summed E-state index contributed by atoms with van der Waals surface area (Å²) in [6, 6.07) is 12.0.